The smallest absolute Gasteiger partial charge is 0.106 e. The summed E-state index contributed by atoms with van der Waals surface area (Å²) in [5, 5.41) is 12.4. The van der Waals surface area contributed by atoms with Crippen molar-refractivity contribution in [2.24, 2.45) is 0 Å². The van der Waals surface area contributed by atoms with Crippen molar-refractivity contribution in [1.29, 1.82) is 5.26 Å². The largest absolute Gasteiger partial charge is 0.375 e. The highest BCUT2D eigenvalue weighted by Gasteiger charge is 2.24. The third-order valence-electron chi connectivity index (χ3n) is 2.96. The quantitative estimate of drug-likeness (QED) is 0.692. The van der Waals surface area contributed by atoms with Gasteiger partial charge in [0.15, 0.2) is 0 Å². The molecule has 0 amide bonds. The number of hydrogen-bond acceptors (Lipinski definition) is 3. The van der Waals surface area contributed by atoms with Gasteiger partial charge in [-0.15, -0.1) is 0 Å². The molecule has 94 valence electrons. The molecule has 1 atom stereocenters. The average Bonchev–Trinajstić information content (AvgIpc) is 2.26. The van der Waals surface area contributed by atoms with Gasteiger partial charge >= 0.3 is 0 Å². The Morgan fingerprint density at radius 3 is 2.31 bits per heavy atom. The van der Waals surface area contributed by atoms with E-state index in [1.807, 2.05) is 6.92 Å². The summed E-state index contributed by atoms with van der Waals surface area (Å²) in [5.74, 6) is 0. The van der Waals surface area contributed by atoms with Crippen molar-refractivity contribution in [3.63, 3.8) is 0 Å². The molecule has 3 nitrogen and oxygen atoms in total. The molecule has 0 saturated carbocycles. The van der Waals surface area contributed by atoms with Crippen LogP contribution in [0, 0.1) is 11.3 Å². The Bertz CT molecular complexity index is 233. The summed E-state index contributed by atoms with van der Waals surface area (Å²) in [6, 6.07) is 2.33. The van der Waals surface area contributed by atoms with Gasteiger partial charge in [-0.1, -0.05) is 13.8 Å². The lowest BCUT2D eigenvalue weighted by molar-refractivity contribution is -0.0258. The number of nitriles is 1. The van der Waals surface area contributed by atoms with Crippen LogP contribution in [-0.4, -0.2) is 24.3 Å². The predicted octanol–water partition coefficient (Wildman–Crippen LogP) is 2.86. The summed E-state index contributed by atoms with van der Waals surface area (Å²) in [4.78, 5) is 0. The molecule has 0 aromatic heterocycles. The third-order valence-corrected chi connectivity index (χ3v) is 2.96. The van der Waals surface area contributed by atoms with Crippen LogP contribution in [0.3, 0.4) is 0 Å². The van der Waals surface area contributed by atoms with Crippen LogP contribution >= 0.6 is 0 Å². The van der Waals surface area contributed by atoms with E-state index in [9.17, 15) is 0 Å². The molecule has 0 saturated heterocycles. The maximum atomic E-state index is 9.13. The SMILES string of the molecule is CCCNC(C)(C#N)CCOC(C)(C)CC. The summed E-state index contributed by atoms with van der Waals surface area (Å²) in [7, 11) is 0. The van der Waals surface area contributed by atoms with Crippen LogP contribution in [0.25, 0.3) is 0 Å². The molecule has 0 heterocycles. The zero-order valence-corrected chi connectivity index (χ0v) is 11.4. The second-order valence-corrected chi connectivity index (χ2v) is 5.08. The molecule has 0 radical (unpaired) electrons. The van der Waals surface area contributed by atoms with Crippen molar-refractivity contribution >= 4 is 0 Å². The minimum absolute atomic E-state index is 0.0822. The molecule has 0 aromatic carbocycles. The highest BCUT2D eigenvalue weighted by molar-refractivity contribution is 5.03. The van der Waals surface area contributed by atoms with Crippen molar-refractivity contribution < 1.29 is 4.74 Å². The molecule has 16 heavy (non-hydrogen) atoms. The van der Waals surface area contributed by atoms with Crippen LogP contribution in [0.2, 0.25) is 0 Å². The average molecular weight is 226 g/mol. The fraction of sp³-hybridized carbons (Fsp3) is 0.923. The fourth-order valence-corrected chi connectivity index (χ4v) is 1.22. The lowest BCUT2D eigenvalue weighted by Gasteiger charge is -2.27. The molecule has 0 bridgehead atoms. The van der Waals surface area contributed by atoms with Crippen LogP contribution in [-0.2, 0) is 4.74 Å². The van der Waals surface area contributed by atoms with E-state index in [2.05, 4.69) is 39.1 Å². The van der Waals surface area contributed by atoms with E-state index >= 15 is 0 Å². The second-order valence-electron chi connectivity index (χ2n) is 5.08. The summed E-state index contributed by atoms with van der Waals surface area (Å²) >= 11 is 0. The molecule has 1 N–H and O–H groups in total. The van der Waals surface area contributed by atoms with Crippen LogP contribution in [0.4, 0.5) is 0 Å². The molecule has 0 rings (SSSR count). The molecular formula is C13H26N2O. The number of nitrogens with zero attached hydrogens (tertiary/aromatic N) is 1. The molecule has 0 spiro atoms. The molecule has 0 aliphatic rings. The number of ether oxygens (including phenoxy) is 1. The van der Waals surface area contributed by atoms with Crippen molar-refractivity contribution in [2.45, 2.75) is 65.0 Å². The highest BCUT2D eigenvalue weighted by atomic mass is 16.5. The van der Waals surface area contributed by atoms with E-state index in [0.29, 0.717) is 6.61 Å². The normalized spacial score (nSPS) is 15.5. The summed E-state index contributed by atoms with van der Waals surface area (Å²) < 4.78 is 5.77. The monoisotopic (exact) mass is 226 g/mol. The first kappa shape index (κ1) is 15.4. The van der Waals surface area contributed by atoms with Crippen LogP contribution in [0.5, 0.6) is 0 Å². The van der Waals surface area contributed by atoms with Crippen LogP contribution in [0.1, 0.15) is 53.9 Å². The Kier molecular flexibility index (Phi) is 6.62. The maximum absolute atomic E-state index is 9.13. The van der Waals surface area contributed by atoms with Gasteiger partial charge in [0.2, 0.25) is 0 Å². The van der Waals surface area contributed by atoms with Crippen molar-refractivity contribution in [1.82, 2.24) is 5.32 Å². The maximum Gasteiger partial charge on any atom is 0.106 e. The molecule has 0 aliphatic carbocycles. The van der Waals surface area contributed by atoms with Gasteiger partial charge in [-0.25, -0.2) is 0 Å². The predicted molar refractivity (Wildman–Crippen MR) is 67.3 cm³/mol. The number of hydrogen-bond donors (Lipinski definition) is 1. The molecule has 3 heteroatoms. The van der Waals surface area contributed by atoms with E-state index in [1.165, 1.54) is 0 Å². The van der Waals surface area contributed by atoms with E-state index in [0.717, 1.165) is 25.8 Å². The number of nitrogens with one attached hydrogen (secondary N) is 1. The summed E-state index contributed by atoms with van der Waals surface area (Å²) in [6.07, 6.45) is 2.75. The minimum Gasteiger partial charge on any atom is -0.375 e. The van der Waals surface area contributed by atoms with Gasteiger partial charge in [-0.3, -0.25) is 5.32 Å². The number of rotatable bonds is 8. The highest BCUT2D eigenvalue weighted by Crippen LogP contribution is 2.16. The Labute approximate surface area is 100 Å². The van der Waals surface area contributed by atoms with Crippen molar-refractivity contribution in [3.8, 4) is 6.07 Å². The zero-order chi connectivity index (χ0) is 12.7. The topological polar surface area (TPSA) is 45.0 Å². The van der Waals surface area contributed by atoms with Gasteiger partial charge in [-0.05, 0) is 40.2 Å². The summed E-state index contributed by atoms with van der Waals surface area (Å²) in [6.45, 7) is 11.8. The van der Waals surface area contributed by atoms with Gasteiger partial charge in [0.25, 0.3) is 0 Å². The first-order chi connectivity index (χ1) is 7.39. The Balaban J connectivity index is 4.01. The van der Waals surface area contributed by atoms with E-state index < -0.39 is 5.54 Å². The Morgan fingerprint density at radius 1 is 1.25 bits per heavy atom. The van der Waals surface area contributed by atoms with Gasteiger partial charge in [0, 0.05) is 6.42 Å². The van der Waals surface area contributed by atoms with Crippen molar-refractivity contribution in [3.05, 3.63) is 0 Å². The van der Waals surface area contributed by atoms with Crippen LogP contribution in [0.15, 0.2) is 0 Å². The zero-order valence-electron chi connectivity index (χ0n) is 11.4. The Morgan fingerprint density at radius 2 is 1.88 bits per heavy atom. The van der Waals surface area contributed by atoms with Crippen molar-refractivity contribution in [2.75, 3.05) is 13.2 Å². The fourth-order valence-electron chi connectivity index (χ4n) is 1.22. The lowest BCUT2D eigenvalue weighted by atomic mass is 10.00. The third kappa shape index (κ3) is 6.09. The van der Waals surface area contributed by atoms with Crippen LogP contribution < -0.4 is 5.32 Å². The van der Waals surface area contributed by atoms with E-state index in [-0.39, 0.29) is 5.60 Å². The van der Waals surface area contributed by atoms with Gasteiger partial charge in [0.1, 0.15) is 5.54 Å². The lowest BCUT2D eigenvalue weighted by Crippen LogP contribution is -2.43. The van der Waals surface area contributed by atoms with Gasteiger partial charge in [-0.2, -0.15) is 5.26 Å². The Hall–Kier alpha value is -0.590. The molecule has 0 aromatic rings. The minimum atomic E-state index is -0.459. The van der Waals surface area contributed by atoms with E-state index in [1.54, 1.807) is 0 Å². The molecule has 0 fully saturated rings. The molecular weight excluding hydrogens is 200 g/mol. The first-order valence-corrected chi connectivity index (χ1v) is 6.19. The second kappa shape index (κ2) is 6.88. The van der Waals surface area contributed by atoms with Gasteiger partial charge < -0.3 is 4.74 Å². The first-order valence-electron chi connectivity index (χ1n) is 6.19. The standard InChI is InChI=1S/C13H26N2O/c1-6-9-15-13(5,11-14)8-10-16-12(3,4)7-2/h15H,6-10H2,1-5H3. The molecule has 0 aliphatic heterocycles. The van der Waals surface area contributed by atoms with Gasteiger partial charge in [0.05, 0.1) is 18.3 Å². The van der Waals surface area contributed by atoms with E-state index in [4.69, 9.17) is 10.00 Å². The summed E-state index contributed by atoms with van der Waals surface area (Å²) in [5.41, 5.74) is -0.541. The molecule has 1 unspecified atom stereocenters.